The molecule has 0 aliphatic heterocycles. The number of anilines is 1. The Hall–Kier alpha value is -2.62. The number of pyridine rings is 1. The van der Waals surface area contributed by atoms with E-state index in [9.17, 15) is 0 Å². The van der Waals surface area contributed by atoms with Crippen LogP contribution in [0, 0.1) is 0 Å². The average molecular weight is 450 g/mol. The second-order valence-electron chi connectivity index (χ2n) is 5.02. The van der Waals surface area contributed by atoms with Crippen molar-refractivity contribution >= 4 is 35.6 Å². The van der Waals surface area contributed by atoms with E-state index >= 15 is 0 Å². The van der Waals surface area contributed by atoms with Crippen molar-refractivity contribution in [1.29, 1.82) is 0 Å². The monoisotopic (exact) mass is 450 g/mol. The van der Waals surface area contributed by atoms with E-state index in [1.54, 1.807) is 25.8 Å². The van der Waals surface area contributed by atoms with E-state index in [0.29, 0.717) is 18.3 Å². The fourth-order valence-corrected chi connectivity index (χ4v) is 2.20. The second kappa shape index (κ2) is 9.02. The molecule has 0 atom stereocenters. The summed E-state index contributed by atoms with van der Waals surface area (Å²) in [6, 6.07) is 11.4. The highest BCUT2D eigenvalue weighted by molar-refractivity contribution is 14.0. The van der Waals surface area contributed by atoms with Crippen LogP contribution in [0.15, 0.2) is 66.3 Å². The Labute approximate surface area is 163 Å². The van der Waals surface area contributed by atoms with Gasteiger partial charge in [-0.3, -0.25) is 4.57 Å². The number of guanidine groups is 1. The molecule has 0 bridgehead atoms. The van der Waals surface area contributed by atoms with Crippen LogP contribution in [0.3, 0.4) is 0 Å². The molecule has 3 rings (SSSR count). The van der Waals surface area contributed by atoms with Crippen molar-refractivity contribution in [2.45, 2.75) is 6.54 Å². The van der Waals surface area contributed by atoms with Crippen molar-refractivity contribution < 1.29 is 4.74 Å². The van der Waals surface area contributed by atoms with E-state index in [2.05, 4.69) is 20.3 Å². The van der Waals surface area contributed by atoms with Gasteiger partial charge in [-0.15, -0.1) is 24.0 Å². The Kier molecular flexibility index (Phi) is 6.75. The second-order valence-corrected chi connectivity index (χ2v) is 5.02. The first kappa shape index (κ1) is 18.7. The first-order valence-electron chi connectivity index (χ1n) is 7.39. The number of methoxy groups -OCH3 is 1. The van der Waals surface area contributed by atoms with Crippen LogP contribution in [0.2, 0.25) is 0 Å². The lowest BCUT2D eigenvalue weighted by atomic mass is 10.2. The van der Waals surface area contributed by atoms with Crippen LogP contribution in [0.4, 0.5) is 5.69 Å². The largest absolute Gasteiger partial charge is 0.495 e. The molecule has 0 aliphatic carbocycles. The normalized spacial score (nSPS) is 10.8. The predicted octanol–water partition coefficient (Wildman–Crippen LogP) is 2.82. The molecule has 0 radical (unpaired) electrons. The van der Waals surface area contributed by atoms with Crippen molar-refractivity contribution in [3.8, 4) is 11.6 Å². The highest BCUT2D eigenvalue weighted by Gasteiger charge is 2.03. The van der Waals surface area contributed by atoms with Gasteiger partial charge in [0.2, 0.25) is 0 Å². The van der Waals surface area contributed by atoms with E-state index in [-0.39, 0.29) is 24.0 Å². The summed E-state index contributed by atoms with van der Waals surface area (Å²) in [4.78, 5) is 12.7. The molecule has 0 fully saturated rings. The number of hydrogen-bond donors (Lipinski definition) is 2. The van der Waals surface area contributed by atoms with Gasteiger partial charge in [0.25, 0.3) is 0 Å². The fraction of sp³-hybridized carbons (Fsp3) is 0.118. The number of nitrogens with one attached hydrogen (secondary N) is 1. The maximum Gasteiger partial charge on any atom is 0.193 e. The first-order chi connectivity index (χ1) is 11.8. The van der Waals surface area contributed by atoms with Crippen LogP contribution in [0.5, 0.6) is 5.75 Å². The van der Waals surface area contributed by atoms with Crippen LogP contribution in [0.25, 0.3) is 5.82 Å². The zero-order chi connectivity index (χ0) is 16.8. The summed E-state index contributed by atoms with van der Waals surface area (Å²) in [6.45, 7) is 0.443. The van der Waals surface area contributed by atoms with E-state index in [0.717, 1.165) is 17.1 Å². The lowest BCUT2D eigenvalue weighted by Gasteiger charge is -2.10. The Morgan fingerprint density at radius 1 is 1.28 bits per heavy atom. The van der Waals surface area contributed by atoms with Gasteiger partial charge in [0.15, 0.2) is 5.96 Å². The molecule has 0 aliphatic rings. The molecule has 0 amide bonds. The molecular weight excluding hydrogens is 431 g/mol. The number of imidazole rings is 1. The van der Waals surface area contributed by atoms with E-state index in [1.165, 1.54) is 0 Å². The number of halogens is 1. The number of para-hydroxylation sites is 2. The van der Waals surface area contributed by atoms with Gasteiger partial charge < -0.3 is 15.8 Å². The number of ether oxygens (including phenoxy) is 1. The summed E-state index contributed by atoms with van der Waals surface area (Å²) in [5.74, 6) is 1.82. The number of aromatic nitrogens is 3. The van der Waals surface area contributed by atoms with Crippen LogP contribution in [0.1, 0.15) is 5.56 Å². The Morgan fingerprint density at radius 3 is 2.88 bits per heavy atom. The standard InChI is InChI=1S/C17H18N6O.HI/c1-24-15-5-3-2-4-14(15)22-17(18)21-11-13-6-7-20-16(10-13)23-9-8-19-12-23;/h2-10,12H,11H2,1H3,(H3,18,21,22);1H. The summed E-state index contributed by atoms with van der Waals surface area (Å²) in [5, 5.41) is 3.05. The highest BCUT2D eigenvalue weighted by atomic mass is 127. The van der Waals surface area contributed by atoms with Crippen LogP contribution in [-0.2, 0) is 6.54 Å². The number of rotatable bonds is 5. The third-order valence-electron chi connectivity index (χ3n) is 3.38. The Balaban J connectivity index is 0.00000225. The van der Waals surface area contributed by atoms with Gasteiger partial charge in [-0.25, -0.2) is 15.0 Å². The van der Waals surface area contributed by atoms with Gasteiger partial charge >= 0.3 is 0 Å². The first-order valence-corrected chi connectivity index (χ1v) is 7.39. The summed E-state index contributed by atoms with van der Waals surface area (Å²) in [6.07, 6.45) is 6.99. The maximum atomic E-state index is 5.96. The summed E-state index contributed by atoms with van der Waals surface area (Å²) in [7, 11) is 1.61. The summed E-state index contributed by atoms with van der Waals surface area (Å²) >= 11 is 0. The van der Waals surface area contributed by atoms with Gasteiger partial charge in [-0.05, 0) is 29.8 Å². The van der Waals surface area contributed by atoms with Crippen molar-refractivity contribution in [3.05, 3.63) is 66.9 Å². The summed E-state index contributed by atoms with van der Waals surface area (Å²) < 4.78 is 7.11. The third kappa shape index (κ3) is 4.92. The molecule has 0 unspecified atom stereocenters. The Morgan fingerprint density at radius 2 is 2.12 bits per heavy atom. The van der Waals surface area contributed by atoms with Crippen molar-refractivity contribution in [1.82, 2.24) is 14.5 Å². The topological polar surface area (TPSA) is 90.4 Å². The smallest absolute Gasteiger partial charge is 0.193 e. The molecule has 3 N–H and O–H groups in total. The Bertz CT molecular complexity index is 835. The zero-order valence-electron chi connectivity index (χ0n) is 13.7. The van der Waals surface area contributed by atoms with Crippen LogP contribution in [-0.4, -0.2) is 27.6 Å². The highest BCUT2D eigenvalue weighted by Crippen LogP contribution is 2.22. The van der Waals surface area contributed by atoms with Gasteiger partial charge in [0.1, 0.15) is 17.9 Å². The van der Waals surface area contributed by atoms with E-state index < -0.39 is 0 Å². The molecule has 3 aromatic rings. The zero-order valence-corrected chi connectivity index (χ0v) is 16.0. The minimum Gasteiger partial charge on any atom is -0.495 e. The van der Waals surface area contributed by atoms with Gasteiger partial charge in [0, 0.05) is 18.6 Å². The van der Waals surface area contributed by atoms with Gasteiger partial charge in [0.05, 0.1) is 19.3 Å². The quantitative estimate of drug-likeness (QED) is 0.355. The SMILES string of the molecule is COc1ccccc1NC(N)=NCc1ccnc(-n2ccnc2)c1.I. The molecule has 0 spiro atoms. The van der Waals surface area contributed by atoms with Gasteiger partial charge in [-0.1, -0.05) is 12.1 Å². The van der Waals surface area contributed by atoms with E-state index in [1.807, 2.05) is 47.2 Å². The molecule has 2 heterocycles. The summed E-state index contributed by atoms with van der Waals surface area (Å²) in [5.41, 5.74) is 7.73. The molecule has 0 saturated heterocycles. The van der Waals surface area contributed by atoms with Gasteiger partial charge in [-0.2, -0.15) is 0 Å². The molecule has 130 valence electrons. The van der Waals surface area contributed by atoms with Crippen molar-refractivity contribution in [2.24, 2.45) is 10.7 Å². The number of nitrogens with zero attached hydrogens (tertiary/aromatic N) is 4. The maximum absolute atomic E-state index is 5.96. The molecule has 8 heteroatoms. The van der Waals surface area contributed by atoms with Crippen LogP contribution < -0.4 is 15.8 Å². The minimum atomic E-state index is 0. The molecular formula is C17H19IN6O. The molecule has 0 saturated carbocycles. The van der Waals surface area contributed by atoms with Crippen LogP contribution >= 0.6 is 24.0 Å². The average Bonchev–Trinajstić information content (AvgIpc) is 3.15. The predicted molar refractivity (Wildman–Crippen MR) is 109 cm³/mol. The van der Waals surface area contributed by atoms with Crippen molar-refractivity contribution in [3.63, 3.8) is 0 Å². The molecule has 7 nitrogen and oxygen atoms in total. The van der Waals surface area contributed by atoms with E-state index in [4.69, 9.17) is 10.5 Å². The molecule has 2 aromatic heterocycles. The number of nitrogens with two attached hydrogens (primary N) is 1. The fourth-order valence-electron chi connectivity index (χ4n) is 2.20. The molecule has 1 aromatic carbocycles. The number of aliphatic imine (C=N–C) groups is 1. The number of hydrogen-bond acceptors (Lipinski definition) is 4. The number of benzene rings is 1. The third-order valence-corrected chi connectivity index (χ3v) is 3.38. The van der Waals surface area contributed by atoms with Crippen molar-refractivity contribution in [2.75, 3.05) is 12.4 Å². The molecule has 25 heavy (non-hydrogen) atoms. The minimum absolute atomic E-state index is 0. The lowest BCUT2D eigenvalue weighted by Crippen LogP contribution is -2.22. The lowest BCUT2D eigenvalue weighted by molar-refractivity contribution is 0.417.